The van der Waals surface area contributed by atoms with Gasteiger partial charge in [0, 0.05) is 0 Å². The topological polar surface area (TPSA) is 58.9 Å². The molecule has 0 aromatic heterocycles. The van der Waals surface area contributed by atoms with Crippen LogP contribution in [0.3, 0.4) is 0 Å². The van der Waals surface area contributed by atoms with E-state index < -0.39 is 0 Å². The number of ether oxygens (including phenoxy) is 2. The summed E-state index contributed by atoms with van der Waals surface area (Å²) in [5, 5.41) is 18.6. The van der Waals surface area contributed by atoms with Crippen molar-refractivity contribution in [2.24, 2.45) is 0 Å². The van der Waals surface area contributed by atoms with Crippen LogP contribution >= 0.6 is 0 Å². The van der Waals surface area contributed by atoms with Crippen molar-refractivity contribution in [3.05, 3.63) is 72.3 Å². The van der Waals surface area contributed by atoms with Gasteiger partial charge in [-0.1, -0.05) is 0 Å². The van der Waals surface area contributed by atoms with Gasteiger partial charge in [-0.2, -0.15) is 0 Å². The van der Waals surface area contributed by atoms with Gasteiger partial charge in [-0.3, -0.25) is 0 Å². The van der Waals surface area contributed by atoms with E-state index in [1.54, 1.807) is 48.5 Å². The van der Waals surface area contributed by atoms with Crippen LogP contribution in [-0.2, 0) is 0 Å². The van der Waals surface area contributed by atoms with Crippen LogP contribution in [0, 0.1) is 6.92 Å². The highest BCUT2D eigenvalue weighted by molar-refractivity contribution is 5.44. The van der Waals surface area contributed by atoms with Crippen LogP contribution in [-0.4, -0.2) is 10.2 Å². The van der Waals surface area contributed by atoms with Gasteiger partial charge in [0.05, 0.1) is 0 Å². The standard InChI is InChI=1S/C19H16O4/c1-13-12-18(22-16-6-2-14(20)3-7-16)10-11-19(13)23-17-8-4-15(21)5-9-17/h2-12,20-21H,1H3. The van der Waals surface area contributed by atoms with Crippen LogP contribution in [0.2, 0.25) is 0 Å². The molecule has 3 aromatic rings. The second-order valence-electron chi connectivity index (χ2n) is 5.12. The molecule has 0 aliphatic carbocycles. The molecule has 0 bridgehead atoms. The summed E-state index contributed by atoms with van der Waals surface area (Å²) in [6.45, 7) is 1.93. The molecule has 116 valence electrons. The second-order valence-corrected chi connectivity index (χ2v) is 5.12. The van der Waals surface area contributed by atoms with Gasteiger partial charge in [-0.25, -0.2) is 0 Å². The zero-order valence-corrected chi connectivity index (χ0v) is 12.6. The van der Waals surface area contributed by atoms with Crippen molar-refractivity contribution in [3.8, 4) is 34.5 Å². The first-order valence-electron chi connectivity index (χ1n) is 7.14. The third-order valence-corrected chi connectivity index (χ3v) is 3.28. The SMILES string of the molecule is Cc1cc(Oc2ccc(O)cc2)ccc1Oc1ccc(O)cc1. The largest absolute Gasteiger partial charge is 0.508 e. The molecule has 0 saturated carbocycles. The number of aryl methyl sites for hydroxylation is 1. The maximum Gasteiger partial charge on any atom is 0.130 e. The first kappa shape index (κ1) is 14.8. The number of phenols is 2. The Morgan fingerprint density at radius 3 is 1.61 bits per heavy atom. The van der Waals surface area contributed by atoms with Gasteiger partial charge in [-0.05, 0) is 79.2 Å². The lowest BCUT2D eigenvalue weighted by molar-refractivity contribution is 0.456. The normalized spacial score (nSPS) is 10.3. The molecule has 0 aliphatic rings. The summed E-state index contributed by atoms with van der Waals surface area (Å²) in [6.07, 6.45) is 0. The molecule has 0 radical (unpaired) electrons. The first-order valence-corrected chi connectivity index (χ1v) is 7.14. The van der Waals surface area contributed by atoms with Crippen LogP contribution in [0.5, 0.6) is 34.5 Å². The summed E-state index contributed by atoms with van der Waals surface area (Å²) < 4.78 is 11.5. The van der Waals surface area contributed by atoms with E-state index in [1.807, 2.05) is 25.1 Å². The fourth-order valence-electron chi connectivity index (χ4n) is 2.09. The molecule has 0 atom stereocenters. The quantitative estimate of drug-likeness (QED) is 0.713. The lowest BCUT2D eigenvalue weighted by Crippen LogP contribution is -1.89. The minimum Gasteiger partial charge on any atom is -0.508 e. The Bertz CT molecular complexity index is 793. The van der Waals surface area contributed by atoms with Crippen LogP contribution in [0.1, 0.15) is 5.56 Å². The molecular weight excluding hydrogens is 292 g/mol. The third-order valence-electron chi connectivity index (χ3n) is 3.28. The van der Waals surface area contributed by atoms with E-state index in [1.165, 1.54) is 0 Å². The smallest absolute Gasteiger partial charge is 0.130 e. The third kappa shape index (κ3) is 3.74. The number of hydrogen-bond donors (Lipinski definition) is 2. The average molecular weight is 308 g/mol. The fraction of sp³-hybridized carbons (Fsp3) is 0.0526. The van der Waals surface area contributed by atoms with Gasteiger partial charge in [0.15, 0.2) is 0 Å². The predicted octanol–water partition coefficient (Wildman–Crippen LogP) is 4.99. The van der Waals surface area contributed by atoms with E-state index in [9.17, 15) is 10.2 Å². The van der Waals surface area contributed by atoms with Crippen LogP contribution in [0.15, 0.2) is 66.7 Å². The molecule has 0 fully saturated rings. The summed E-state index contributed by atoms with van der Waals surface area (Å²) >= 11 is 0. The molecule has 4 nitrogen and oxygen atoms in total. The molecule has 0 aliphatic heterocycles. The number of aromatic hydroxyl groups is 2. The maximum absolute atomic E-state index is 9.28. The Kier molecular flexibility index (Phi) is 4.06. The lowest BCUT2D eigenvalue weighted by Gasteiger charge is -2.11. The Hall–Kier alpha value is -3.14. The van der Waals surface area contributed by atoms with E-state index in [-0.39, 0.29) is 11.5 Å². The van der Waals surface area contributed by atoms with Gasteiger partial charge >= 0.3 is 0 Å². The van der Waals surface area contributed by atoms with Crippen molar-refractivity contribution in [2.45, 2.75) is 6.92 Å². The van der Waals surface area contributed by atoms with Crippen molar-refractivity contribution in [1.29, 1.82) is 0 Å². The fourth-order valence-corrected chi connectivity index (χ4v) is 2.09. The minimum atomic E-state index is 0.200. The van der Waals surface area contributed by atoms with E-state index in [0.717, 1.165) is 5.56 Å². The summed E-state index contributed by atoms with van der Waals surface area (Å²) in [4.78, 5) is 0. The zero-order chi connectivity index (χ0) is 16.2. The molecule has 0 heterocycles. The number of benzene rings is 3. The molecule has 2 N–H and O–H groups in total. The van der Waals surface area contributed by atoms with Gasteiger partial charge in [0.1, 0.15) is 34.5 Å². The maximum atomic E-state index is 9.28. The molecule has 4 heteroatoms. The highest BCUT2D eigenvalue weighted by atomic mass is 16.5. The van der Waals surface area contributed by atoms with Gasteiger partial charge in [0.2, 0.25) is 0 Å². The zero-order valence-electron chi connectivity index (χ0n) is 12.6. The second kappa shape index (κ2) is 6.32. The molecule has 0 amide bonds. The highest BCUT2D eigenvalue weighted by Gasteiger charge is 2.05. The number of rotatable bonds is 4. The number of hydrogen-bond acceptors (Lipinski definition) is 4. The Labute approximate surface area is 134 Å². The lowest BCUT2D eigenvalue weighted by atomic mass is 10.2. The molecule has 23 heavy (non-hydrogen) atoms. The molecular formula is C19H16O4. The van der Waals surface area contributed by atoms with Gasteiger partial charge in [0.25, 0.3) is 0 Å². The van der Waals surface area contributed by atoms with E-state index in [0.29, 0.717) is 23.0 Å². The van der Waals surface area contributed by atoms with Crippen molar-refractivity contribution in [2.75, 3.05) is 0 Å². The monoisotopic (exact) mass is 308 g/mol. The Morgan fingerprint density at radius 2 is 1.09 bits per heavy atom. The van der Waals surface area contributed by atoms with E-state index in [4.69, 9.17) is 9.47 Å². The van der Waals surface area contributed by atoms with Crippen LogP contribution < -0.4 is 9.47 Å². The van der Waals surface area contributed by atoms with Crippen molar-refractivity contribution in [3.63, 3.8) is 0 Å². The Morgan fingerprint density at radius 1 is 0.609 bits per heavy atom. The summed E-state index contributed by atoms with van der Waals surface area (Å²) in [7, 11) is 0. The molecule has 0 saturated heterocycles. The predicted molar refractivity (Wildman–Crippen MR) is 87.5 cm³/mol. The highest BCUT2D eigenvalue weighted by Crippen LogP contribution is 2.31. The summed E-state index contributed by atoms with van der Waals surface area (Å²) in [5.41, 5.74) is 0.925. The van der Waals surface area contributed by atoms with E-state index in [2.05, 4.69) is 0 Å². The molecule has 0 unspecified atom stereocenters. The molecule has 0 spiro atoms. The van der Waals surface area contributed by atoms with Crippen molar-refractivity contribution < 1.29 is 19.7 Å². The first-order chi connectivity index (χ1) is 11.1. The summed E-state index contributed by atoms with van der Waals surface area (Å²) in [5.74, 6) is 3.10. The summed E-state index contributed by atoms with van der Waals surface area (Å²) in [6, 6.07) is 18.6. The number of phenolic OH excluding ortho intramolecular Hbond substituents is 2. The van der Waals surface area contributed by atoms with Crippen LogP contribution in [0.25, 0.3) is 0 Å². The minimum absolute atomic E-state index is 0.200. The molecule has 3 aromatic carbocycles. The average Bonchev–Trinajstić information content (AvgIpc) is 2.54. The van der Waals surface area contributed by atoms with Gasteiger partial charge < -0.3 is 19.7 Å². The van der Waals surface area contributed by atoms with Crippen molar-refractivity contribution in [1.82, 2.24) is 0 Å². The van der Waals surface area contributed by atoms with Crippen molar-refractivity contribution >= 4 is 0 Å². The van der Waals surface area contributed by atoms with Gasteiger partial charge in [-0.15, -0.1) is 0 Å². The Balaban J connectivity index is 1.75. The van der Waals surface area contributed by atoms with E-state index >= 15 is 0 Å². The molecule has 3 rings (SSSR count). The van der Waals surface area contributed by atoms with Crippen LogP contribution in [0.4, 0.5) is 0 Å².